The summed E-state index contributed by atoms with van der Waals surface area (Å²) >= 11 is 0. The number of nitrogens with one attached hydrogen (secondary N) is 1. The number of hydrogen-bond donors (Lipinski definition) is 1. The highest BCUT2D eigenvalue weighted by atomic mass is 16.5. The quantitative estimate of drug-likeness (QED) is 0.759. The van der Waals surface area contributed by atoms with Crippen LogP contribution < -0.4 is 4.74 Å². The third-order valence-corrected chi connectivity index (χ3v) is 4.87. The maximum atomic E-state index is 9.06. The molecule has 0 radical (unpaired) electrons. The number of imidazole rings is 1. The Kier molecular flexibility index (Phi) is 4.85. The Bertz CT molecular complexity index is 935. The Balaban J connectivity index is 1.52. The van der Waals surface area contributed by atoms with Crippen LogP contribution in [0.1, 0.15) is 24.8 Å². The lowest BCUT2D eigenvalue weighted by molar-refractivity contribution is 0.183. The van der Waals surface area contributed by atoms with Crippen LogP contribution in [-0.4, -0.2) is 41.1 Å². The van der Waals surface area contributed by atoms with Crippen LogP contribution in [0.5, 0.6) is 5.75 Å². The number of nitriles is 1. The molecule has 1 aliphatic rings. The summed E-state index contributed by atoms with van der Waals surface area (Å²) in [6.07, 6.45) is 3.93. The third kappa shape index (κ3) is 3.56. The molecule has 1 aromatic heterocycles. The number of hydrogen-bond acceptors (Lipinski definition) is 4. The van der Waals surface area contributed by atoms with Crippen molar-refractivity contribution in [2.75, 3.05) is 26.2 Å². The zero-order valence-electron chi connectivity index (χ0n) is 14.7. The molecule has 0 atom stereocenters. The number of ether oxygens (including phenoxy) is 1. The van der Waals surface area contributed by atoms with Crippen molar-refractivity contribution < 1.29 is 4.74 Å². The SMILES string of the molecule is N#Cc1ccc2nc(-c3ccccc3OCCN3CCCCC3)[nH]c2c1. The Hall–Kier alpha value is -2.84. The van der Waals surface area contributed by atoms with Crippen molar-refractivity contribution >= 4 is 11.0 Å². The molecule has 1 fully saturated rings. The van der Waals surface area contributed by atoms with Gasteiger partial charge >= 0.3 is 0 Å². The molecule has 0 aliphatic carbocycles. The van der Waals surface area contributed by atoms with Gasteiger partial charge in [-0.2, -0.15) is 5.26 Å². The number of likely N-dealkylation sites (tertiary alicyclic amines) is 1. The second-order valence-electron chi connectivity index (χ2n) is 6.68. The van der Waals surface area contributed by atoms with Gasteiger partial charge in [0.1, 0.15) is 18.2 Å². The van der Waals surface area contributed by atoms with E-state index in [1.54, 1.807) is 6.07 Å². The predicted octanol–water partition coefficient (Wildman–Crippen LogP) is 3.97. The van der Waals surface area contributed by atoms with E-state index in [9.17, 15) is 0 Å². The first-order chi connectivity index (χ1) is 12.8. The van der Waals surface area contributed by atoms with E-state index in [2.05, 4.69) is 20.9 Å². The van der Waals surface area contributed by atoms with Gasteiger partial charge in [-0.15, -0.1) is 0 Å². The molecule has 0 spiro atoms. The minimum Gasteiger partial charge on any atom is -0.491 e. The zero-order valence-corrected chi connectivity index (χ0v) is 14.7. The van der Waals surface area contributed by atoms with Gasteiger partial charge in [0, 0.05) is 6.54 Å². The number of piperidine rings is 1. The van der Waals surface area contributed by atoms with Crippen molar-refractivity contribution in [2.45, 2.75) is 19.3 Å². The minimum absolute atomic E-state index is 0.624. The summed E-state index contributed by atoms with van der Waals surface area (Å²) in [5, 5.41) is 9.06. The smallest absolute Gasteiger partial charge is 0.142 e. The van der Waals surface area contributed by atoms with E-state index in [0.29, 0.717) is 12.2 Å². The van der Waals surface area contributed by atoms with Gasteiger partial charge in [0.05, 0.1) is 28.2 Å². The summed E-state index contributed by atoms with van der Waals surface area (Å²) in [6, 6.07) is 15.6. The number of nitrogens with zero attached hydrogens (tertiary/aromatic N) is 3. The predicted molar refractivity (Wildman–Crippen MR) is 102 cm³/mol. The first-order valence-electron chi connectivity index (χ1n) is 9.18. The molecule has 2 aromatic carbocycles. The maximum Gasteiger partial charge on any atom is 0.142 e. The molecule has 3 aromatic rings. The summed E-state index contributed by atoms with van der Waals surface area (Å²) in [4.78, 5) is 10.4. The Morgan fingerprint density at radius 3 is 2.81 bits per heavy atom. The average molecular weight is 346 g/mol. The topological polar surface area (TPSA) is 64.9 Å². The van der Waals surface area contributed by atoms with E-state index in [1.165, 1.54) is 32.4 Å². The number of rotatable bonds is 5. The molecule has 0 amide bonds. The highest BCUT2D eigenvalue weighted by Crippen LogP contribution is 2.29. The summed E-state index contributed by atoms with van der Waals surface area (Å²) < 4.78 is 6.08. The molecule has 132 valence electrons. The fourth-order valence-corrected chi connectivity index (χ4v) is 3.46. The molecular weight excluding hydrogens is 324 g/mol. The van der Waals surface area contributed by atoms with Gasteiger partial charge in [-0.3, -0.25) is 4.90 Å². The van der Waals surface area contributed by atoms with Crippen LogP contribution in [0.2, 0.25) is 0 Å². The van der Waals surface area contributed by atoms with Gasteiger partial charge in [-0.05, 0) is 56.3 Å². The van der Waals surface area contributed by atoms with Crippen LogP contribution in [0.4, 0.5) is 0 Å². The van der Waals surface area contributed by atoms with Crippen LogP contribution in [0, 0.1) is 11.3 Å². The van der Waals surface area contributed by atoms with Crippen molar-refractivity contribution in [1.82, 2.24) is 14.9 Å². The van der Waals surface area contributed by atoms with Crippen molar-refractivity contribution in [3.8, 4) is 23.2 Å². The first-order valence-corrected chi connectivity index (χ1v) is 9.18. The average Bonchev–Trinajstić information content (AvgIpc) is 3.12. The molecule has 0 unspecified atom stereocenters. The van der Waals surface area contributed by atoms with Crippen LogP contribution >= 0.6 is 0 Å². The first kappa shape index (κ1) is 16.6. The van der Waals surface area contributed by atoms with E-state index < -0.39 is 0 Å². The van der Waals surface area contributed by atoms with Crippen molar-refractivity contribution in [3.05, 3.63) is 48.0 Å². The normalized spacial score (nSPS) is 15.0. The highest BCUT2D eigenvalue weighted by Gasteiger charge is 2.13. The zero-order chi connectivity index (χ0) is 17.8. The van der Waals surface area contributed by atoms with Crippen molar-refractivity contribution in [2.24, 2.45) is 0 Å². The molecule has 1 aliphatic heterocycles. The van der Waals surface area contributed by atoms with Gasteiger partial charge in [0.15, 0.2) is 0 Å². The Labute approximate surface area is 153 Å². The van der Waals surface area contributed by atoms with Crippen LogP contribution in [0.3, 0.4) is 0 Å². The largest absolute Gasteiger partial charge is 0.491 e. The van der Waals surface area contributed by atoms with E-state index in [1.807, 2.05) is 36.4 Å². The van der Waals surface area contributed by atoms with Crippen LogP contribution in [0.25, 0.3) is 22.4 Å². The Morgan fingerprint density at radius 1 is 1.12 bits per heavy atom. The third-order valence-electron chi connectivity index (χ3n) is 4.87. The van der Waals surface area contributed by atoms with Crippen molar-refractivity contribution in [3.63, 3.8) is 0 Å². The molecule has 1 saturated heterocycles. The number of aromatic amines is 1. The second-order valence-corrected chi connectivity index (χ2v) is 6.68. The number of benzene rings is 2. The number of aromatic nitrogens is 2. The monoisotopic (exact) mass is 346 g/mol. The highest BCUT2D eigenvalue weighted by molar-refractivity contribution is 5.81. The van der Waals surface area contributed by atoms with E-state index in [0.717, 1.165) is 34.7 Å². The molecule has 2 heterocycles. The molecule has 5 heteroatoms. The molecule has 0 bridgehead atoms. The van der Waals surface area contributed by atoms with Crippen LogP contribution in [-0.2, 0) is 0 Å². The Morgan fingerprint density at radius 2 is 1.96 bits per heavy atom. The van der Waals surface area contributed by atoms with Crippen molar-refractivity contribution in [1.29, 1.82) is 5.26 Å². The molecular formula is C21H22N4O. The van der Waals surface area contributed by atoms with Gasteiger partial charge in [0.25, 0.3) is 0 Å². The number of para-hydroxylation sites is 1. The van der Waals surface area contributed by atoms with Gasteiger partial charge in [-0.25, -0.2) is 4.98 Å². The van der Waals surface area contributed by atoms with E-state index >= 15 is 0 Å². The molecule has 26 heavy (non-hydrogen) atoms. The molecule has 0 saturated carbocycles. The second kappa shape index (κ2) is 7.59. The lowest BCUT2D eigenvalue weighted by Crippen LogP contribution is -2.33. The molecule has 5 nitrogen and oxygen atoms in total. The fraction of sp³-hybridized carbons (Fsp3) is 0.333. The maximum absolute atomic E-state index is 9.06. The standard InChI is InChI=1S/C21H22N4O/c22-15-16-8-9-18-19(14-16)24-21(23-18)17-6-2-3-7-20(17)26-13-12-25-10-4-1-5-11-25/h2-3,6-9,14H,1,4-5,10-13H2,(H,23,24). The lowest BCUT2D eigenvalue weighted by atomic mass is 10.1. The summed E-state index contributed by atoms with van der Waals surface area (Å²) in [7, 11) is 0. The summed E-state index contributed by atoms with van der Waals surface area (Å²) in [5.41, 5.74) is 3.28. The fourth-order valence-electron chi connectivity index (χ4n) is 3.46. The van der Waals surface area contributed by atoms with Crippen LogP contribution in [0.15, 0.2) is 42.5 Å². The number of H-pyrrole nitrogens is 1. The van der Waals surface area contributed by atoms with Gasteiger partial charge in [-0.1, -0.05) is 18.6 Å². The molecule has 1 N–H and O–H groups in total. The lowest BCUT2D eigenvalue weighted by Gasteiger charge is -2.26. The van der Waals surface area contributed by atoms with Gasteiger partial charge in [0.2, 0.25) is 0 Å². The summed E-state index contributed by atoms with van der Waals surface area (Å²) in [5.74, 6) is 1.60. The minimum atomic E-state index is 0.624. The van der Waals surface area contributed by atoms with E-state index in [4.69, 9.17) is 10.00 Å². The van der Waals surface area contributed by atoms with E-state index in [-0.39, 0.29) is 0 Å². The number of fused-ring (bicyclic) bond motifs is 1. The molecule has 4 rings (SSSR count). The van der Waals surface area contributed by atoms with Gasteiger partial charge < -0.3 is 9.72 Å². The summed E-state index contributed by atoms with van der Waals surface area (Å²) in [6.45, 7) is 3.99.